The highest BCUT2D eigenvalue weighted by Gasteiger charge is 2.17. The van der Waals surface area contributed by atoms with Crippen LogP contribution in [-0.2, 0) is 11.3 Å². The summed E-state index contributed by atoms with van der Waals surface area (Å²) < 4.78 is 1.10. The van der Waals surface area contributed by atoms with Crippen LogP contribution in [0.3, 0.4) is 0 Å². The van der Waals surface area contributed by atoms with Gasteiger partial charge in [-0.25, -0.2) is 0 Å². The first-order valence-corrected chi connectivity index (χ1v) is 8.26. The number of hydrogen-bond acceptors (Lipinski definition) is 3. The lowest BCUT2D eigenvalue weighted by Crippen LogP contribution is -2.30. The second-order valence-corrected chi connectivity index (χ2v) is 7.73. The van der Waals surface area contributed by atoms with Crippen LogP contribution in [0.4, 0.5) is 0 Å². The normalized spacial score (nSPS) is 12.7. The minimum atomic E-state index is 0.179. The number of halogens is 1. The van der Waals surface area contributed by atoms with Gasteiger partial charge in [-0.15, -0.1) is 11.3 Å². The Hall–Kier alpha value is -0.390. The van der Waals surface area contributed by atoms with Gasteiger partial charge in [0.05, 0.1) is 3.79 Å². The van der Waals surface area contributed by atoms with Crippen LogP contribution < -0.4 is 5.73 Å². The fourth-order valence-corrected chi connectivity index (χ4v) is 3.32. The van der Waals surface area contributed by atoms with Crippen LogP contribution in [0.15, 0.2) is 15.2 Å². The number of hydrogen-bond donors (Lipinski definition) is 1. The van der Waals surface area contributed by atoms with Crippen LogP contribution in [0.5, 0.6) is 0 Å². The number of nitrogens with two attached hydrogens (primary N) is 1. The maximum atomic E-state index is 12.2. The molecule has 108 valence electrons. The fraction of sp³-hybridized carbons (Fsp3) is 0.643. The van der Waals surface area contributed by atoms with Crippen LogP contribution >= 0.6 is 27.3 Å². The Morgan fingerprint density at radius 1 is 1.53 bits per heavy atom. The first-order valence-electron chi connectivity index (χ1n) is 6.59. The Balaban J connectivity index is 2.47. The second kappa shape index (κ2) is 8.02. The predicted octanol–water partition coefficient (Wildman–Crippen LogP) is 3.48. The maximum absolute atomic E-state index is 12.2. The molecule has 0 spiro atoms. The number of thiophene rings is 1. The molecule has 0 saturated heterocycles. The summed E-state index contributed by atoms with van der Waals surface area (Å²) in [6.07, 6.45) is 1.57. The van der Waals surface area contributed by atoms with E-state index >= 15 is 0 Å². The number of rotatable bonds is 7. The Bertz CT molecular complexity index is 406. The van der Waals surface area contributed by atoms with Crippen LogP contribution in [0.25, 0.3) is 0 Å². The summed E-state index contributed by atoms with van der Waals surface area (Å²) in [5, 5.41) is 2.07. The van der Waals surface area contributed by atoms with E-state index in [9.17, 15) is 4.79 Å². The molecule has 0 aromatic carbocycles. The predicted molar refractivity (Wildman–Crippen MR) is 85.1 cm³/mol. The molecule has 0 aliphatic heterocycles. The number of nitrogens with zero attached hydrogens (tertiary/aromatic N) is 1. The summed E-state index contributed by atoms with van der Waals surface area (Å²) in [6, 6.07) is 2.06. The lowest BCUT2D eigenvalue weighted by Gasteiger charge is -2.21. The lowest BCUT2D eigenvalue weighted by atomic mass is 9.94. The van der Waals surface area contributed by atoms with Crippen LogP contribution in [-0.4, -0.2) is 24.4 Å². The molecular weight excluding hydrogens is 324 g/mol. The van der Waals surface area contributed by atoms with Crippen molar-refractivity contribution in [3.63, 3.8) is 0 Å². The Kier molecular flexibility index (Phi) is 7.04. The smallest absolute Gasteiger partial charge is 0.222 e. The van der Waals surface area contributed by atoms with Gasteiger partial charge >= 0.3 is 0 Å². The van der Waals surface area contributed by atoms with E-state index in [0.29, 0.717) is 31.3 Å². The second-order valence-electron chi connectivity index (χ2n) is 5.44. The molecule has 3 nitrogen and oxygen atoms in total. The molecule has 1 heterocycles. The topological polar surface area (TPSA) is 46.3 Å². The summed E-state index contributed by atoms with van der Waals surface area (Å²) in [5.41, 5.74) is 6.92. The molecule has 1 unspecified atom stereocenters. The van der Waals surface area contributed by atoms with Gasteiger partial charge in [0.15, 0.2) is 0 Å². The highest BCUT2D eigenvalue weighted by molar-refractivity contribution is 9.11. The fourth-order valence-electron chi connectivity index (χ4n) is 2.12. The molecule has 1 aromatic rings. The first-order chi connectivity index (χ1) is 8.92. The van der Waals surface area contributed by atoms with Gasteiger partial charge in [0.2, 0.25) is 5.91 Å². The van der Waals surface area contributed by atoms with E-state index in [1.54, 1.807) is 16.2 Å². The van der Waals surface area contributed by atoms with Gasteiger partial charge in [0.25, 0.3) is 0 Å². The molecule has 0 fully saturated rings. The zero-order valence-electron chi connectivity index (χ0n) is 11.9. The largest absolute Gasteiger partial charge is 0.341 e. The van der Waals surface area contributed by atoms with Gasteiger partial charge in [0.1, 0.15) is 0 Å². The summed E-state index contributed by atoms with van der Waals surface area (Å²) >= 11 is 5.08. The molecule has 0 radical (unpaired) electrons. The summed E-state index contributed by atoms with van der Waals surface area (Å²) in [5.74, 6) is 1.06. The van der Waals surface area contributed by atoms with Crippen molar-refractivity contribution in [2.45, 2.75) is 33.2 Å². The van der Waals surface area contributed by atoms with Crippen molar-refractivity contribution in [3.8, 4) is 0 Å². The zero-order valence-corrected chi connectivity index (χ0v) is 14.3. The minimum Gasteiger partial charge on any atom is -0.341 e. The number of carbonyl (C=O) groups excluding carboxylic acids is 1. The van der Waals surface area contributed by atoms with Gasteiger partial charge in [0, 0.05) is 20.0 Å². The average Bonchev–Trinajstić information content (AvgIpc) is 2.73. The van der Waals surface area contributed by atoms with Crippen molar-refractivity contribution in [2.75, 3.05) is 13.6 Å². The van der Waals surface area contributed by atoms with Crippen molar-refractivity contribution in [1.29, 1.82) is 0 Å². The molecule has 0 bridgehead atoms. The van der Waals surface area contributed by atoms with Gasteiger partial charge in [-0.3, -0.25) is 4.79 Å². The molecule has 1 rings (SSSR count). The van der Waals surface area contributed by atoms with E-state index in [4.69, 9.17) is 5.73 Å². The average molecular weight is 347 g/mol. The Morgan fingerprint density at radius 2 is 2.21 bits per heavy atom. The highest BCUT2D eigenvalue weighted by atomic mass is 79.9. The molecule has 0 aliphatic carbocycles. The van der Waals surface area contributed by atoms with E-state index < -0.39 is 0 Å². The Labute approximate surface area is 128 Å². The van der Waals surface area contributed by atoms with E-state index in [1.165, 1.54) is 5.56 Å². The molecule has 0 aliphatic rings. The van der Waals surface area contributed by atoms with Crippen LogP contribution in [0.2, 0.25) is 0 Å². The number of carbonyl (C=O) groups is 1. The molecule has 5 heteroatoms. The maximum Gasteiger partial charge on any atom is 0.222 e. The Morgan fingerprint density at radius 3 is 2.68 bits per heavy atom. The van der Waals surface area contributed by atoms with Crippen molar-refractivity contribution in [1.82, 2.24) is 4.90 Å². The third-order valence-corrected chi connectivity index (χ3v) is 4.62. The summed E-state index contributed by atoms with van der Waals surface area (Å²) in [4.78, 5) is 14.0. The van der Waals surface area contributed by atoms with Crippen molar-refractivity contribution in [3.05, 3.63) is 20.8 Å². The van der Waals surface area contributed by atoms with E-state index in [2.05, 4.69) is 41.2 Å². The van der Waals surface area contributed by atoms with E-state index in [1.807, 2.05) is 7.05 Å². The first kappa shape index (κ1) is 16.7. The third kappa shape index (κ3) is 6.06. The monoisotopic (exact) mass is 346 g/mol. The molecule has 1 atom stereocenters. The molecule has 1 amide bonds. The van der Waals surface area contributed by atoms with E-state index in [-0.39, 0.29) is 5.91 Å². The standard InChI is InChI=1S/C14H23BrN2OS/c1-10(2)4-11(7-16)6-14(18)17(3)8-12-5-13(15)19-9-12/h5,9-11H,4,6-8,16H2,1-3H3. The summed E-state index contributed by atoms with van der Waals surface area (Å²) in [6.45, 7) is 5.58. The highest BCUT2D eigenvalue weighted by Crippen LogP contribution is 2.22. The van der Waals surface area contributed by atoms with Crippen LogP contribution in [0.1, 0.15) is 32.3 Å². The van der Waals surface area contributed by atoms with Gasteiger partial charge in [-0.1, -0.05) is 13.8 Å². The number of amides is 1. The van der Waals surface area contributed by atoms with Gasteiger partial charge in [-0.2, -0.15) is 0 Å². The summed E-state index contributed by atoms with van der Waals surface area (Å²) in [7, 11) is 1.86. The SMILES string of the molecule is CC(C)CC(CN)CC(=O)N(C)Cc1csc(Br)c1. The van der Waals surface area contributed by atoms with Crippen LogP contribution in [0, 0.1) is 11.8 Å². The minimum absolute atomic E-state index is 0.179. The molecular formula is C14H23BrN2OS. The van der Waals surface area contributed by atoms with Crippen molar-refractivity contribution >= 4 is 33.2 Å². The molecule has 19 heavy (non-hydrogen) atoms. The van der Waals surface area contributed by atoms with E-state index in [0.717, 1.165) is 10.2 Å². The molecule has 1 aromatic heterocycles. The molecule has 2 N–H and O–H groups in total. The zero-order chi connectivity index (χ0) is 14.4. The van der Waals surface area contributed by atoms with Gasteiger partial charge in [-0.05, 0) is 57.7 Å². The third-order valence-electron chi connectivity index (χ3n) is 3.07. The van der Waals surface area contributed by atoms with Gasteiger partial charge < -0.3 is 10.6 Å². The van der Waals surface area contributed by atoms with Crippen molar-refractivity contribution in [2.24, 2.45) is 17.6 Å². The lowest BCUT2D eigenvalue weighted by molar-refractivity contribution is -0.131. The van der Waals surface area contributed by atoms with Crippen molar-refractivity contribution < 1.29 is 4.79 Å². The quantitative estimate of drug-likeness (QED) is 0.821. The molecule has 0 saturated carbocycles.